The van der Waals surface area contributed by atoms with E-state index in [2.05, 4.69) is 21.1 Å². The summed E-state index contributed by atoms with van der Waals surface area (Å²) in [5.74, 6) is 0.854. The average Bonchev–Trinajstić information content (AvgIpc) is 3.42. The van der Waals surface area contributed by atoms with Gasteiger partial charge in [-0.1, -0.05) is 12.1 Å². The smallest absolute Gasteiger partial charge is 0.146 e. The van der Waals surface area contributed by atoms with Crippen LogP contribution in [0.2, 0.25) is 0 Å². The van der Waals surface area contributed by atoms with E-state index in [9.17, 15) is 5.11 Å². The molecule has 0 spiro atoms. The number of pyridine rings is 1. The number of rotatable bonds is 4. The summed E-state index contributed by atoms with van der Waals surface area (Å²) in [7, 11) is 0. The summed E-state index contributed by atoms with van der Waals surface area (Å²) in [5.41, 5.74) is 4.03. The van der Waals surface area contributed by atoms with Crippen molar-refractivity contribution in [2.45, 2.75) is 13.0 Å². The zero-order valence-corrected chi connectivity index (χ0v) is 14.7. The molecule has 0 atom stereocenters. The van der Waals surface area contributed by atoms with Crippen molar-refractivity contribution in [2.75, 3.05) is 0 Å². The largest absolute Gasteiger partial charge is 0.508 e. The molecule has 8 heteroatoms. The first kappa shape index (κ1) is 16.1. The van der Waals surface area contributed by atoms with E-state index >= 15 is 0 Å². The zero-order chi connectivity index (χ0) is 19.1. The number of phenols is 1. The molecule has 0 aliphatic rings. The van der Waals surface area contributed by atoms with Gasteiger partial charge in [-0.3, -0.25) is 9.25 Å². The van der Waals surface area contributed by atoms with Gasteiger partial charge in [-0.2, -0.15) is 10.4 Å². The van der Waals surface area contributed by atoms with E-state index < -0.39 is 0 Å². The summed E-state index contributed by atoms with van der Waals surface area (Å²) in [4.78, 5) is 12.4. The minimum absolute atomic E-state index is 0.172. The molecular weight excluding hydrogens is 354 g/mol. The molecular formula is C20H15N7O. The number of nitrogens with zero attached hydrogens (tertiary/aromatic N) is 6. The highest BCUT2D eigenvalue weighted by Gasteiger charge is 2.19. The Morgan fingerprint density at radius 3 is 3.00 bits per heavy atom. The lowest BCUT2D eigenvalue weighted by Crippen LogP contribution is -1.98. The number of benzene rings is 1. The molecule has 136 valence electrons. The van der Waals surface area contributed by atoms with Crippen LogP contribution in [0.4, 0.5) is 0 Å². The van der Waals surface area contributed by atoms with E-state index in [4.69, 9.17) is 10.2 Å². The van der Waals surface area contributed by atoms with Gasteiger partial charge in [-0.25, -0.2) is 9.97 Å². The van der Waals surface area contributed by atoms with Crippen molar-refractivity contribution >= 4 is 22.1 Å². The third-order valence-corrected chi connectivity index (χ3v) is 4.64. The van der Waals surface area contributed by atoms with Crippen LogP contribution in [0.1, 0.15) is 6.42 Å². The second-order valence-electron chi connectivity index (χ2n) is 6.42. The topological polar surface area (TPSA) is 108 Å². The molecule has 0 fully saturated rings. The van der Waals surface area contributed by atoms with E-state index in [1.165, 1.54) is 0 Å². The number of aromatic amines is 1. The maximum absolute atomic E-state index is 9.95. The van der Waals surface area contributed by atoms with Gasteiger partial charge >= 0.3 is 0 Å². The van der Waals surface area contributed by atoms with Crippen molar-refractivity contribution in [3.63, 3.8) is 0 Å². The second-order valence-corrected chi connectivity index (χ2v) is 6.42. The second kappa shape index (κ2) is 6.25. The van der Waals surface area contributed by atoms with Gasteiger partial charge in [0.1, 0.15) is 22.7 Å². The van der Waals surface area contributed by atoms with Crippen LogP contribution in [0.5, 0.6) is 5.75 Å². The minimum atomic E-state index is 0.172. The van der Waals surface area contributed by atoms with Crippen molar-refractivity contribution in [1.29, 1.82) is 5.26 Å². The molecule has 28 heavy (non-hydrogen) atoms. The Balaban J connectivity index is 1.81. The molecule has 1 aromatic carbocycles. The third kappa shape index (κ3) is 2.49. The van der Waals surface area contributed by atoms with Crippen LogP contribution >= 0.6 is 0 Å². The number of hydrogen-bond donors (Lipinski definition) is 2. The van der Waals surface area contributed by atoms with Crippen LogP contribution in [0.25, 0.3) is 39.1 Å². The molecule has 0 bridgehead atoms. The van der Waals surface area contributed by atoms with Crippen LogP contribution in [-0.4, -0.2) is 34.4 Å². The molecule has 4 heterocycles. The van der Waals surface area contributed by atoms with Gasteiger partial charge in [0.05, 0.1) is 42.6 Å². The van der Waals surface area contributed by atoms with Gasteiger partial charge in [-0.05, 0) is 18.2 Å². The Labute approximate surface area is 159 Å². The molecule has 8 nitrogen and oxygen atoms in total. The highest BCUT2D eigenvalue weighted by atomic mass is 16.3. The number of imidazole rings is 1. The van der Waals surface area contributed by atoms with Crippen molar-refractivity contribution in [2.24, 2.45) is 0 Å². The van der Waals surface area contributed by atoms with Crippen molar-refractivity contribution in [3.8, 4) is 28.9 Å². The molecule has 5 aromatic rings. The Morgan fingerprint density at radius 1 is 1.21 bits per heavy atom. The summed E-state index contributed by atoms with van der Waals surface area (Å²) in [6, 6.07) is 11.1. The summed E-state index contributed by atoms with van der Waals surface area (Å²) < 4.78 is 3.75. The Bertz CT molecular complexity index is 1350. The van der Waals surface area contributed by atoms with Crippen molar-refractivity contribution in [3.05, 3.63) is 55.1 Å². The lowest BCUT2D eigenvalue weighted by atomic mass is 10.2. The number of phenolic OH excluding ortho intramolecular Hbond substituents is 1. The first-order valence-corrected chi connectivity index (χ1v) is 8.78. The first-order chi connectivity index (χ1) is 13.7. The predicted molar refractivity (Wildman–Crippen MR) is 104 cm³/mol. The monoisotopic (exact) mass is 369 g/mol. The van der Waals surface area contributed by atoms with E-state index in [0.29, 0.717) is 18.8 Å². The maximum atomic E-state index is 9.95. The van der Waals surface area contributed by atoms with Crippen LogP contribution in [0, 0.1) is 11.3 Å². The molecule has 0 amide bonds. The van der Waals surface area contributed by atoms with Crippen LogP contribution in [0.3, 0.4) is 0 Å². The van der Waals surface area contributed by atoms with E-state index in [-0.39, 0.29) is 5.75 Å². The summed E-state index contributed by atoms with van der Waals surface area (Å²) >= 11 is 0. The first-order valence-electron chi connectivity index (χ1n) is 8.78. The van der Waals surface area contributed by atoms with Gasteiger partial charge in [0.25, 0.3) is 0 Å². The molecule has 0 saturated heterocycles. The normalized spacial score (nSPS) is 11.2. The van der Waals surface area contributed by atoms with E-state index in [1.807, 2.05) is 29.1 Å². The summed E-state index contributed by atoms with van der Waals surface area (Å²) in [5, 5.41) is 24.1. The number of aromatic hydroxyl groups is 1. The van der Waals surface area contributed by atoms with Gasteiger partial charge in [0.2, 0.25) is 0 Å². The molecule has 0 radical (unpaired) electrons. The molecule has 2 N–H and O–H groups in total. The van der Waals surface area contributed by atoms with Gasteiger partial charge in [0, 0.05) is 23.3 Å². The molecule has 0 saturated carbocycles. The summed E-state index contributed by atoms with van der Waals surface area (Å²) in [6.07, 6.45) is 7.61. The molecule has 5 rings (SSSR count). The van der Waals surface area contributed by atoms with Crippen LogP contribution in [0.15, 0.2) is 55.1 Å². The van der Waals surface area contributed by atoms with E-state index in [0.717, 1.165) is 33.3 Å². The maximum Gasteiger partial charge on any atom is 0.146 e. The number of fused-ring (bicyclic) bond motifs is 3. The zero-order valence-electron chi connectivity index (χ0n) is 14.7. The lowest BCUT2D eigenvalue weighted by Gasteiger charge is -2.08. The molecule has 0 aliphatic carbocycles. The molecule has 0 unspecified atom stereocenters. The molecule has 0 aliphatic heterocycles. The summed E-state index contributed by atoms with van der Waals surface area (Å²) in [6.45, 7) is 0.520. The van der Waals surface area contributed by atoms with E-state index in [1.54, 1.807) is 35.3 Å². The Hall–Kier alpha value is -4.12. The minimum Gasteiger partial charge on any atom is -0.508 e. The quantitative estimate of drug-likeness (QED) is 0.505. The lowest BCUT2D eigenvalue weighted by molar-refractivity contribution is 0.475. The fourth-order valence-corrected chi connectivity index (χ4v) is 3.42. The fraction of sp³-hybridized carbons (Fsp3) is 0.100. The number of nitrogens with one attached hydrogen (secondary N) is 1. The van der Waals surface area contributed by atoms with Crippen molar-refractivity contribution < 1.29 is 5.11 Å². The van der Waals surface area contributed by atoms with Gasteiger partial charge in [-0.15, -0.1) is 0 Å². The average molecular weight is 369 g/mol. The van der Waals surface area contributed by atoms with Gasteiger partial charge < -0.3 is 10.1 Å². The predicted octanol–water partition coefficient (Wildman–Crippen LogP) is 3.38. The standard InChI is InChI=1S/C20H15N7O/c21-6-2-8-26-12-14(10-24-26)27-18-16-5-7-22-19(16)23-11-17(18)25-20(27)13-3-1-4-15(28)9-13/h1,3-5,7,9-12,28H,2,8H2,(H,22,23). The van der Waals surface area contributed by atoms with Crippen molar-refractivity contribution in [1.82, 2.24) is 29.3 Å². The highest BCUT2D eigenvalue weighted by molar-refractivity contribution is 6.03. The Morgan fingerprint density at radius 2 is 2.14 bits per heavy atom. The molecule has 4 aromatic heterocycles. The fourth-order valence-electron chi connectivity index (χ4n) is 3.42. The van der Waals surface area contributed by atoms with Crippen LogP contribution < -0.4 is 0 Å². The van der Waals surface area contributed by atoms with Gasteiger partial charge in [0.15, 0.2) is 0 Å². The number of aryl methyl sites for hydroxylation is 1. The van der Waals surface area contributed by atoms with Crippen LogP contribution in [-0.2, 0) is 6.54 Å². The number of aromatic nitrogens is 6. The number of H-pyrrole nitrogens is 1. The third-order valence-electron chi connectivity index (χ3n) is 4.64. The Kier molecular flexibility index (Phi) is 3.59. The highest BCUT2D eigenvalue weighted by Crippen LogP contribution is 2.33. The number of hydrogen-bond acceptors (Lipinski definition) is 5. The number of nitriles is 1. The SMILES string of the molecule is N#CCCn1cc(-n2c(-c3cccc(O)c3)nc3cnc4[nH]ccc4c32)cn1.